The van der Waals surface area contributed by atoms with Crippen molar-refractivity contribution in [1.82, 2.24) is 0 Å². The summed E-state index contributed by atoms with van der Waals surface area (Å²) < 4.78 is 58.3. The van der Waals surface area contributed by atoms with Gasteiger partial charge in [0.25, 0.3) is 0 Å². The van der Waals surface area contributed by atoms with Crippen molar-refractivity contribution in [2.24, 2.45) is 0 Å². The number of hydrogen-bond acceptors (Lipinski definition) is 5. The average Bonchev–Trinajstić information content (AvgIpc) is 2.84. The third-order valence-electron chi connectivity index (χ3n) is 5.52. The standard InChI is InChI=1S/C22H24P.C6H8F2O5S/c1-22(2,3)23(19-13-7-4-8-14-19,20-15-9-5-10-16-20)21-17-11-6-12-18-21;1-4(2)5(9)13-3-6(7,8)14(10,11)12/h4-18H,1-3H3;1,3H2,2H3,(H,10,11,12)/q+1;/p-1. The summed E-state index contributed by atoms with van der Waals surface area (Å²) in [5.74, 6) is -1.19. The highest BCUT2D eigenvalue weighted by molar-refractivity contribution is 7.96. The largest absolute Gasteiger partial charge is 0.743 e. The van der Waals surface area contributed by atoms with Crippen molar-refractivity contribution in [2.45, 2.75) is 38.1 Å². The summed E-state index contributed by atoms with van der Waals surface area (Å²) in [4.78, 5) is 10.6. The maximum absolute atomic E-state index is 12.3. The molecular formula is C28H31F2O5PS. The number of esters is 1. The molecular weight excluding hydrogens is 517 g/mol. The molecule has 0 atom stereocenters. The number of hydrogen-bond donors (Lipinski definition) is 0. The van der Waals surface area contributed by atoms with Gasteiger partial charge in [0.05, 0.1) is 5.16 Å². The predicted octanol–water partition coefficient (Wildman–Crippen LogP) is 5.02. The summed E-state index contributed by atoms with van der Waals surface area (Å²) in [6.07, 6.45) is 0. The SMILES string of the molecule is C=C(C)C(=O)OCC(F)(F)S(=O)(=O)[O-].CC(C)(C)[P+](c1ccccc1)(c1ccccc1)c1ccccc1. The lowest BCUT2D eigenvalue weighted by molar-refractivity contribution is -0.144. The van der Waals surface area contributed by atoms with E-state index in [-0.39, 0.29) is 10.7 Å². The first kappa shape index (κ1) is 30.3. The van der Waals surface area contributed by atoms with Crippen molar-refractivity contribution >= 4 is 39.3 Å². The van der Waals surface area contributed by atoms with Gasteiger partial charge in [-0.05, 0) is 64.1 Å². The molecule has 0 saturated carbocycles. The zero-order valence-electron chi connectivity index (χ0n) is 21.2. The van der Waals surface area contributed by atoms with Crippen LogP contribution in [0.15, 0.2) is 103 Å². The van der Waals surface area contributed by atoms with Crippen LogP contribution in [0.1, 0.15) is 27.7 Å². The first-order valence-electron chi connectivity index (χ1n) is 11.4. The van der Waals surface area contributed by atoms with E-state index in [0.717, 1.165) is 0 Å². The fraction of sp³-hybridized carbons (Fsp3) is 0.250. The zero-order chi connectivity index (χ0) is 27.9. The van der Waals surface area contributed by atoms with Gasteiger partial charge < -0.3 is 9.29 Å². The lowest BCUT2D eigenvalue weighted by Crippen LogP contribution is -2.42. The Labute approximate surface area is 218 Å². The number of alkyl halides is 2. The van der Waals surface area contributed by atoms with Crippen molar-refractivity contribution in [3.63, 3.8) is 0 Å². The molecule has 0 saturated heterocycles. The Kier molecular flexibility index (Phi) is 9.89. The maximum Gasteiger partial charge on any atom is 0.367 e. The van der Waals surface area contributed by atoms with Gasteiger partial charge in [-0.25, -0.2) is 13.2 Å². The number of carbonyl (C=O) groups is 1. The lowest BCUT2D eigenvalue weighted by Gasteiger charge is -2.38. The van der Waals surface area contributed by atoms with Crippen LogP contribution in [0.3, 0.4) is 0 Å². The molecule has 5 nitrogen and oxygen atoms in total. The molecule has 37 heavy (non-hydrogen) atoms. The van der Waals surface area contributed by atoms with E-state index >= 15 is 0 Å². The highest BCUT2D eigenvalue weighted by Gasteiger charge is 2.54. The van der Waals surface area contributed by atoms with E-state index in [1.807, 2.05) is 0 Å². The van der Waals surface area contributed by atoms with Gasteiger partial charge in [0.15, 0.2) is 16.7 Å². The highest BCUT2D eigenvalue weighted by Crippen LogP contribution is 2.65. The molecule has 0 bridgehead atoms. The highest BCUT2D eigenvalue weighted by atomic mass is 32.2. The molecule has 0 aliphatic rings. The van der Waals surface area contributed by atoms with Gasteiger partial charge in [0, 0.05) is 5.57 Å². The van der Waals surface area contributed by atoms with E-state index in [4.69, 9.17) is 0 Å². The van der Waals surface area contributed by atoms with E-state index in [9.17, 15) is 26.5 Å². The molecule has 0 radical (unpaired) electrons. The molecule has 0 aromatic heterocycles. The number of benzene rings is 3. The summed E-state index contributed by atoms with van der Waals surface area (Å²) in [5, 5.41) is -0.130. The summed E-state index contributed by atoms with van der Waals surface area (Å²) in [6.45, 7) is 9.60. The summed E-state index contributed by atoms with van der Waals surface area (Å²) >= 11 is 0. The summed E-state index contributed by atoms with van der Waals surface area (Å²) in [5.41, 5.74) is -0.177. The van der Waals surface area contributed by atoms with Crippen LogP contribution in [0.4, 0.5) is 8.78 Å². The molecule has 3 aromatic carbocycles. The second-order valence-electron chi connectivity index (χ2n) is 9.30. The van der Waals surface area contributed by atoms with Crippen LogP contribution in [0, 0.1) is 0 Å². The van der Waals surface area contributed by atoms with Gasteiger partial charge >= 0.3 is 11.2 Å². The minimum Gasteiger partial charge on any atom is -0.743 e. The second kappa shape index (κ2) is 12.1. The quantitative estimate of drug-likeness (QED) is 0.179. The Morgan fingerprint density at radius 3 is 1.41 bits per heavy atom. The van der Waals surface area contributed by atoms with Gasteiger partial charge in [-0.15, -0.1) is 0 Å². The van der Waals surface area contributed by atoms with E-state index in [1.54, 1.807) is 0 Å². The van der Waals surface area contributed by atoms with E-state index in [0.29, 0.717) is 0 Å². The van der Waals surface area contributed by atoms with Crippen LogP contribution in [0.2, 0.25) is 0 Å². The molecule has 0 heterocycles. The molecule has 0 N–H and O–H groups in total. The van der Waals surface area contributed by atoms with Crippen LogP contribution in [0.25, 0.3) is 0 Å². The van der Waals surface area contributed by atoms with Crippen LogP contribution in [-0.4, -0.2) is 36.0 Å². The van der Waals surface area contributed by atoms with Crippen molar-refractivity contribution in [1.29, 1.82) is 0 Å². The molecule has 0 unspecified atom stereocenters. The summed E-state index contributed by atoms with van der Waals surface area (Å²) in [7, 11) is -7.55. The van der Waals surface area contributed by atoms with Gasteiger partial charge in [0.2, 0.25) is 0 Å². The third kappa shape index (κ3) is 7.10. The second-order valence-corrected chi connectivity index (χ2v) is 15.0. The molecule has 0 amide bonds. The Hall–Kier alpha value is -2.93. The molecule has 0 aliphatic heterocycles. The van der Waals surface area contributed by atoms with Crippen LogP contribution < -0.4 is 15.9 Å². The minimum atomic E-state index is -5.81. The molecule has 0 aliphatic carbocycles. The predicted molar refractivity (Wildman–Crippen MR) is 145 cm³/mol. The smallest absolute Gasteiger partial charge is 0.367 e. The maximum atomic E-state index is 12.3. The van der Waals surface area contributed by atoms with E-state index in [1.165, 1.54) is 22.8 Å². The monoisotopic (exact) mass is 548 g/mol. The normalized spacial score (nSPS) is 12.2. The minimum absolute atomic E-state index is 0.136. The van der Waals surface area contributed by atoms with Gasteiger partial charge in [-0.1, -0.05) is 61.2 Å². The molecule has 198 valence electrons. The Bertz CT molecular complexity index is 1190. The van der Waals surface area contributed by atoms with E-state index < -0.39 is 35.2 Å². The Morgan fingerprint density at radius 1 is 0.838 bits per heavy atom. The number of carbonyl (C=O) groups excluding carboxylic acids is 1. The average molecular weight is 549 g/mol. The van der Waals surface area contributed by atoms with Crippen LogP contribution in [0.5, 0.6) is 0 Å². The van der Waals surface area contributed by atoms with Crippen LogP contribution in [-0.2, 0) is 19.6 Å². The van der Waals surface area contributed by atoms with Gasteiger partial charge in [-0.3, -0.25) is 0 Å². The first-order valence-corrected chi connectivity index (χ1v) is 14.6. The molecule has 3 rings (SSSR count). The van der Waals surface area contributed by atoms with Crippen molar-refractivity contribution < 1.29 is 31.3 Å². The number of ether oxygens (including phenoxy) is 1. The van der Waals surface area contributed by atoms with Gasteiger partial charge in [-0.2, -0.15) is 8.78 Å². The number of halogens is 2. The van der Waals surface area contributed by atoms with Crippen LogP contribution >= 0.6 is 7.26 Å². The lowest BCUT2D eigenvalue weighted by atomic mass is 10.2. The summed E-state index contributed by atoms with van der Waals surface area (Å²) in [6, 6.07) is 33.2. The third-order valence-corrected chi connectivity index (χ3v) is 11.6. The molecule has 3 aromatic rings. The molecule has 0 fully saturated rings. The fourth-order valence-corrected chi connectivity index (χ4v) is 9.19. The Balaban J connectivity index is 0.000000298. The Morgan fingerprint density at radius 2 is 1.16 bits per heavy atom. The fourth-order valence-electron chi connectivity index (χ4n) is 3.91. The van der Waals surface area contributed by atoms with E-state index in [2.05, 4.69) is 123 Å². The first-order chi connectivity index (χ1) is 17.1. The zero-order valence-corrected chi connectivity index (χ0v) is 22.9. The molecule has 9 heteroatoms. The molecule has 0 spiro atoms. The number of rotatable bonds is 7. The van der Waals surface area contributed by atoms with Crippen molar-refractivity contribution in [2.75, 3.05) is 6.61 Å². The van der Waals surface area contributed by atoms with Crippen molar-refractivity contribution in [3.8, 4) is 0 Å². The topological polar surface area (TPSA) is 83.5 Å². The van der Waals surface area contributed by atoms with Gasteiger partial charge in [0.1, 0.15) is 23.2 Å². The van der Waals surface area contributed by atoms with Crippen molar-refractivity contribution in [3.05, 3.63) is 103 Å².